The summed E-state index contributed by atoms with van der Waals surface area (Å²) in [4.78, 5) is 28.4. The number of fused-ring (bicyclic) bond motifs is 2. The Morgan fingerprint density at radius 1 is 1.12 bits per heavy atom. The number of carbonyl (C=O) groups is 1. The number of ether oxygens (including phenoxy) is 1. The van der Waals surface area contributed by atoms with Gasteiger partial charge in [0.15, 0.2) is 5.82 Å². The predicted octanol–water partition coefficient (Wildman–Crippen LogP) is 5.01. The van der Waals surface area contributed by atoms with Crippen molar-refractivity contribution < 1.29 is 17.9 Å². The van der Waals surface area contributed by atoms with Crippen LogP contribution in [0.15, 0.2) is 40.2 Å². The van der Waals surface area contributed by atoms with Gasteiger partial charge in [0.1, 0.15) is 11.0 Å². The Labute approximate surface area is 245 Å². The van der Waals surface area contributed by atoms with E-state index in [1.54, 1.807) is 27.3 Å². The highest BCUT2D eigenvalue weighted by Crippen LogP contribution is 2.39. The largest absolute Gasteiger partial charge is 0.460 e. The van der Waals surface area contributed by atoms with E-state index in [2.05, 4.69) is 10.3 Å². The molecule has 11 nitrogen and oxygen atoms in total. The molecule has 42 heavy (non-hydrogen) atoms. The second kappa shape index (κ2) is 10.6. The summed E-state index contributed by atoms with van der Waals surface area (Å²) in [5.41, 5.74) is 1.76. The third kappa shape index (κ3) is 5.26. The number of aromatic amines is 1. The van der Waals surface area contributed by atoms with Crippen LogP contribution in [0.5, 0.6) is 0 Å². The summed E-state index contributed by atoms with van der Waals surface area (Å²) >= 11 is 0. The quantitative estimate of drug-likeness (QED) is 0.352. The molecule has 3 aliphatic rings. The monoisotopic (exact) mass is 594 g/mol. The highest BCUT2D eigenvalue weighted by molar-refractivity contribution is 7.89. The average Bonchev–Trinajstić information content (AvgIpc) is 3.42. The summed E-state index contributed by atoms with van der Waals surface area (Å²) in [5, 5.41) is 16.9. The second-order valence-electron chi connectivity index (χ2n) is 12.7. The Morgan fingerprint density at radius 3 is 2.60 bits per heavy atom. The maximum atomic E-state index is 13.5. The molecular weight excluding hydrogens is 556 g/mol. The van der Waals surface area contributed by atoms with E-state index in [9.17, 15) is 18.0 Å². The zero-order valence-electron chi connectivity index (χ0n) is 24.3. The van der Waals surface area contributed by atoms with Gasteiger partial charge >= 0.3 is 5.97 Å². The van der Waals surface area contributed by atoms with Crippen LogP contribution in [0.4, 0.5) is 11.5 Å². The smallest absolute Gasteiger partial charge is 0.309 e. The molecule has 0 unspecified atom stereocenters. The fraction of sp³-hybridized carbons (Fsp3) is 0.533. The molecule has 3 N–H and O–H groups in total. The first-order chi connectivity index (χ1) is 19.9. The fourth-order valence-corrected chi connectivity index (χ4v) is 8.41. The predicted molar refractivity (Wildman–Crippen MR) is 160 cm³/mol. The minimum Gasteiger partial charge on any atom is -0.460 e. The molecule has 3 heterocycles. The SMILES string of the molecule is CC(C)(C)OC(=O)C1CCC(N2Cc3cc(Nc4nn([C@H]5CCCCC5=N)c5cc[nH]c(=O)c45)ccc3S2(=O)=O)CC1. The maximum absolute atomic E-state index is 13.5. The minimum atomic E-state index is -3.67. The number of anilines is 2. The lowest BCUT2D eigenvalue weighted by Crippen LogP contribution is -2.40. The van der Waals surface area contributed by atoms with E-state index in [1.807, 2.05) is 32.9 Å². The number of H-pyrrole nitrogens is 1. The number of nitrogens with one attached hydrogen (secondary N) is 3. The molecule has 0 amide bonds. The molecule has 2 aliphatic carbocycles. The molecule has 2 fully saturated rings. The lowest BCUT2D eigenvalue weighted by molar-refractivity contribution is -0.161. The van der Waals surface area contributed by atoms with E-state index in [0.717, 1.165) is 25.7 Å². The van der Waals surface area contributed by atoms with Crippen molar-refractivity contribution >= 4 is 44.1 Å². The standard InChI is InChI=1S/C30H38N6O5S/c1-30(2,3)41-29(38)18-8-11-21(12-9-18)35-17-19-16-20(10-13-25(19)42(35,39)40)33-27-26-24(14-15-32-28(26)37)36(34-27)23-7-5-4-6-22(23)31/h10,13-16,18,21,23,31H,4-9,11-12,17H2,1-3H3,(H,32,37)(H,33,34)/t18?,21?,23-/m0/s1. The molecule has 1 aliphatic heterocycles. The minimum absolute atomic E-state index is 0.179. The van der Waals surface area contributed by atoms with E-state index in [4.69, 9.17) is 15.2 Å². The normalized spacial score (nSPS) is 24.5. The van der Waals surface area contributed by atoms with Gasteiger partial charge in [0.2, 0.25) is 10.0 Å². The van der Waals surface area contributed by atoms with Gasteiger partial charge in [0.25, 0.3) is 5.56 Å². The van der Waals surface area contributed by atoms with Gasteiger partial charge in [-0.1, -0.05) is 6.42 Å². The van der Waals surface area contributed by atoms with Gasteiger partial charge in [-0.05, 0) is 95.5 Å². The van der Waals surface area contributed by atoms with Gasteiger partial charge in [-0.2, -0.15) is 9.40 Å². The van der Waals surface area contributed by atoms with Gasteiger partial charge in [0.05, 0.1) is 22.4 Å². The number of nitrogens with zero attached hydrogens (tertiary/aromatic N) is 3. The maximum Gasteiger partial charge on any atom is 0.309 e. The van der Waals surface area contributed by atoms with Gasteiger partial charge in [0, 0.05) is 30.2 Å². The molecule has 2 saturated carbocycles. The van der Waals surface area contributed by atoms with Gasteiger partial charge in [-0.15, -0.1) is 0 Å². The van der Waals surface area contributed by atoms with Crippen LogP contribution in [0.2, 0.25) is 0 Å². The number of pyridine rings is 1. The molecule has 0 bridgehead atoms. The molecule has 0 saturated heterocycles. The lowest BCUT2D eigenvalue weighted by atomic mass is 9.86. The zero-order valence-corrected chi connectivity index (χ0v) is 25.1. The van der Waals surface area contributed by atoms with Crippen molar-refractivity contribution in [2.75, 3.05) is 5.32 Å². The van der Waals surface area contributed by atoms with E-state index in [0.29, 0.717) is 59.4 Å². The van der Waals surface area contributed by atoms with Crippen LogP contribution in [-0.4, -0.2) is 50.8 Å². The summed E-state index contributed by atoms with van der Waals surface area (Å²) in [6.45, 7) is 5.80. The zero-order chi connectivity index (χ0) is 29.8. The highest BCUT2D eigenvalue weighted by Gasteiger charge is 2.42. The Hall–Kier alpha value is -3.51. The molecule has 6 rings (SSSR count). The molecule has 1 aromatic carbocycles. The van der Waals surface area contributed by atoms with E-state index >= 15 is 0 Å². The number of esters is 1. The molecule has 12 heteroatoms. The van der Waals surface area contributed by atoms with Gasteiger partial charge in [-0.3, -0.25) is 14.3 Å². The molecule has 2 aromatic heterocycles. The molecular formula is C30H38N6O5S. The lowest BCUT2D eigenvalue weighted by Gasteiger charge is -2.33. The Morgan fingerprint density at radius 2 is 1.88 bits per heavy atom. The Kier molecular flexibility index (Phi) is 7.25. The Bertz CT molecular complexity index is 1710. The first-order valence-corrected chi connectivity index (χ1v) is 16.2. The third-order valence-corrected chi connectivity index (χ3v) is 10.6. The number of aromatic nitrogens is 3. The first kappa shape index (κ1) is 28.6. The van der Waals surface area contributed by atoms with Crippen LogP contribution in [-0.2, 0) is 26.1 Å². The van der Waals surface area contributed by atoms with Crippen LogP contribution >= 0.6 is 0 Å². The summed E-state index contributed by atoms with van der Waals surface area (Å²) in [5.74, 6) is -0.0409. The summed E-state index contributed by atoms with van der Waals surface area (Å²) in [7, 11) is -3.67. The fourth-order valence-electron chi connectivity index (χ4n) is 6.55. The average molecular weight is 595 g/mol. The van der Waals surface area contributed by atoms with Crippen LogP contribution in [0.25, 0.3) is 10.9 Å². The van der Waals surface area contributed by atoms with E-state index < -0.39 is 15.6 Å². The Balaban J connectivity index is 1.22. The van der Waals surface area contributed by atoms with Gasteiger partial charge in [-0.25, -0.2) is 8.42 Å². The highest BCUT2D eigenvalue weighted by atomic mass is 32.2. The van der Waals surface area contributed by atoms with Crippen molar-refractivity contribution in [1.29, 1.82) is 5.41 Å². The number of hydrogen-bond donors (Lipinski definition) is 3. The van der Waals surface area contributed by atoms with Gasteiger partial charge < -0.3 is 20.4 Å². The molecule has 224 valence electrons. The van der Waals surface area contributed by atoms with Crippen molar-refractivity contribution in [2.45, 2.75) is 101 Å². The molecule has 3 aromatic rings. The number of sulfonamides is 1. The number of rotatable bonds is 5. The van der Waals surface area contributed by atoms with Crippen molar-refractivity contribution in [3.63, 3.8) is 0 Å². The number of hydrogen-bond acceptors (Lipinski definition) is 8. The second-order valence-corrected chi connectivity index (χ2v) is 14.5. The molecule has 1 atom stereocenters. The molecule has 0 spiro atoms. The van der Waals surface area contributed by atoms with Crippen LogP contribution in [0.1, 0.15) is 83.7 Å². The number of carbonyl (C=O) groups excluding carboxylic acids is 1. The van der Waals surface area contributed by atoms with Crippen molar-refractivity contribution in [1.82, 2.24) is 19.1 Å². The third-order valence-electron chi connectivity index (χ3n) is 8.58. The first-order valence-electron chi connectivity index (χ1n) is 14.7. The summed E-state index contributed by atoms with van der Waals surface area (Å²) in [6, 6.07) is 6.55. The van der Waals surface area contributed by atoms with Crippen molar-refractivity contribution in [3.8, 4) is 0 Å². The number of benzene rings is 1. The molecule has 0 radical (unpaired) electrons. The summed E-state index contributed by atoms with van der Waals surface area (Å²) in [6.07, 6.45) is 7.49. The van der Waals surface area contributed by atoms with E-state index in [1.165, 1.54) is 0 Å². The van der Waals surface area contributed by atoms with Crippen LogP contribution < -0.4 is 10.9 Å². The topological polar surface area (TPSA) is 150 Å². The van der Waals surface area contributed by atoms with E-state index in [-0.39, 0.29) is 41.0 Å². The summed E-state index contributed by atoms with van der Waals surface area (Å²) < 4.78 is 35.9. The van der Waals surface area contributed by atoms with Crippen molar-refractivity contribution in [2.24, 2.45) is 5.92 Å². The van der Waals surface area contributed by atoms with Crippen molar-refractivity contribution in [3.05, 3.63) is 46.4 Å². The van der Waals surface area contributed by atoms with Crippen LogP contribution in [0, 0.1) is 11.3 Å². The van der Waals surface area contributed by atoms with Crippen LogP contribution in [0.3, 0.4) is 0 Å².